The minimum atomic E-state index is 0.0954. The maximum absolute atomic E-state index is 11.7. The summed E-state index contributed by atoms with van der Waals surface area (Å²) >= 11 is 4.86. The normalized spacial score (nSPS) is 10.4. The Hall–Kier alpha value is -1.33. The van der Waals surface area contributed by atoms with E-state index in [-0.39, 0.29) is 5.78 Å². The smallest absolute Gasteiger partial charge is 0.174 e. The van der Waals surface area contributed by atoms with E-state index >= 15 is 0 Å². The molecule has 100 valence electrons. The highest BCUT2D eigenvalue weighted by Crippen LogP contribution is 2.30. The quantitative estimate of drug-likeness (QED) is 0.799. The first-order valence-corrected chi connectivity index (χ1v) is 7.62. The van der Waals surface area contributed by atoms with Gasteiger partial charge in [-0.1, -0.05) is 35.0 Å². The van der Waals surface area contributed by atoms with E-state index in [4.69, 9.17) is 5.73 Å². The summed E-state index contributed by atoms with van der Waals surface area (Å²) in [4.78, 5) is 12.3. The minimum Gasteiger partial charge on any atom is -0.397 e. The van der Waals surface area contributed by atoms with E-state index in [1.54, 1.807) is 0 Å². The predicted octanol–water partition coefficient (Wildman–Crippen LogP) is 4.30. The van der Waals surface area contributed by atoms with E-state index in [1.165, 1.54) is 16.9 Å². The molecule has 0 aliphatic rings. The Morgan fingerprint density at radius 3 is 2.89 bits per heavy atom. The highest BCUT2D eigenvalue weighted by atomic mass is 79.9. The van der Waals surface area contributed by atoms with Crippen molar-refractivity contribution >= 4 is 43.7 Å². The van der Waals surface area contributed by atoms with Gasteiger partial charge in [-0.2, -0.15) is 0 Å². The fraction of sp³-hybridized carbons (Fsp3) is 0.214. The zero-order valence-electron chi connectivity index (χ0n) is 10.6. The van der Waals surface area contributed by atoms with Crippen LogP contribution in [0.25, 0.3) is 0 Å². The van der Waals surface area contributed by atoms with Gasteiger partial charge < -0.3 is 11.1 Å². The van der Waals surface area contributed by atoms with Crippen molar-refractivity contribution in [2.45, 2.75) is 19.9 Å². The van der Waals surface area contributed by atoms with Gasteiger partial charge in [0.1, 0.15) is 0 Å². The van der Waals surface area contributed by atoms with Gasteiger partial charge in [-0.05, 0) is 23.8 Å². The molecule has 0 radical (unpaired) electrons. The second kappa shape index (κ2) is 6.21. The summed E-state index contributed by atoms with van der Waals surface area (Å²) in [6.45, 7) is 2.55. The number of nitrogens with two attached hydrogens (primary N) is 1. The first-order valence-electron chi connectivity index (χ1n) is 6.01. The summed E-state index contributed by atoms with van der Waals surface area (Å²) in [5, 5.41) is 4.22. The molecule has 19 heavy (non-hydrogen) atoms. The molecule has 3 nitrogen and oxygen atoms in total. The molecule has 2 rings (SSSR count). The number of rotatable bonds is 5. The van der Waals surface area contributed by atoms with Crippen LogP contribution in [-0.4, -0.2) is 5.78 Å². The molecule has 0 amide bonds. The van der Waals surface area contributed by atoms with Gasteiger partial charge in [0, 0.05) is 17.4 Å². The summed E-state index contributed by atoms with van der Waals surface area (Å²) in [6, 6.07) is 9.92. The predicted molar refractivity (Wildman–Crippen MR) is 84.8 cm³/mol. The van der Waals surface area contributed by atoms with Crippen LogP contribution in [0, 0.1) is 0 Å². The number of anilines is 2. The van der Waals surface area contributed by atoms with Crippen LogP contribution in [0.2, 0.25) is 0 Å². The second-order valence-electron chi connectivity index (χ2n) is 4.16. The lowest BCUT2D eigenvalue weighted by Gasteiger charge is -2.03. The lowest BCUT2D eigenvalue weighted by molar-refractivity contribution is 0.0993. The van der Waals surface area contributed by atoms with Crippen molar-refractivity contribution in [3.63, 3.8) is 0 Å². The number of carbonyl (C=O) groups excluding carboxylic acids is 1. The SMILES string of the molecule is CCC(=O)c1sc(NCc2cccc(Br)c2)cc1N. The second-order valence-corrected chi connectivity index (χ2v) is 6.12. The van der Waals surface area contributed by atoms with Gasteiger partial charge in [0.15, 0.2) is 5.78 Å². The number of ketones is 1. The number of benzene rings is 1. The molecule has 0 fully saturated rings. The zero-order chi connectivity index (χ0) is 13.8. The molecular formula is C14H15BrN2OS. The van der Waals surface area contributed by atoms with Crippen molar-refractivity contribution < 1.29 is 4.79 Å². The number of nitrogens with one attached hydrogen (secondary N) is 1. The fourth-order valence-corrected chi connectivity index (χ4v) is 3.14. The summed E-state index contributed by atoms with van der Waals surface area (Å²) in [5.74, 6) is 0.0954. The van der Waals surface area contributed by atoms with Crippen molar-refractivity contribution in [2.24, 2.45) is 0 Å². The van der Waals surface area contributed by atoms with E-state index < -0.39 is 0 Å². The van der Waals surface area contributed by atoms with Gasteiger partial charge in [0.05, 0.1) is 15.6 Å². The Morgan fingerprint density at radius 2 is 2.21 bits per heavy atom. The maximum atomic E-state index is 11.7. The minimum absolute atomic E-state index is 0.0954. The molecule has 0 spiro atoms. The van der Waals surface area contributed by atoms with E-state index in [2.05, 4.69) is 27.3 Å². The number of hydrogen-bond donors (Lipinski definition) is 2. The monoisotopic (exact) mass is 338 g/mol. The lowest BCUT2D eigenvalue weighted by Crippen LogP contribution is -1.97. The molecular weight excluding hydrogens is 324 g/mol. The number of Topliss-reactive ketones (excluding diaryl/α,β-unsaturated/α-hetero) is 1. The molecule has 0 saturated carbocycles. The summed E-state index contributed by atoms with van der Waals surface area (Å²) < 4.78 is 1.05. The third-order valence-electron chi connectivity index (χ3n) is 2.69. The van der Waals surface area contributed by atoms with E-state index in [1.807, 2.05) is 31.2 Å². The highest BCUT2D eigenvalue weighted by molar-refractivity contribution is 9.10. The largest absolute Gasteiger partial charge is 0.397 e. The molecule has 1 aromatic carbocycles. The molecule has 1 heterocycles. The Labute approximate surface area is 125 Å². The van der Waals surface area contributed by atoms with Crippen LogP contribution in [0.15, 0.2) is 34.8 Å². The van der Waals surface area contributed by atoms with Crippen molar-refractivity contribution in [3.8, 4) is 0 Å². The number of halogens is 1. The number of hydrogen-bond acceptors (Lipinski definition) is 4. The third-order valence-corrected chi connectivity index (χ3v) is 4.33. The Bertz CT molecular complexity index is 595. The summed E-state index contributed by atoms with van der Waals surface area (Å²) in [5.41, 5.74) is 7.59. The molecule has 3 N–H and O–H groups in total. The van der Waals surface area contributed by atoms with Gasteiger partial charge in [0.25, 0.3) is 0 Å². The number of thiophene rings is 1. The third kappa shape index (κ3) is 3.58. The van der Waals surface area contributed by atoms with Crippen LogP contribution in [0.5, 0.6) is 0 Å². The Kier molecular flexibility index (Phi) is 4.61. The van der Waals surface area contributed by atoms with Crippen molar-refractivity contribution in [1.82, 2.24) is 0 Å². The average Bonchev–Trinajstić information content (AvgIpc) is 2.77. The topological polar surface area (TPSA) is 55.1 Å². The molecule has 0 bridgehead atoms. The summed E-state index contributed by atoms with van der Waals surface area (Å²) in [6.07, 6.45) is 0.482. The first-order chi connectivity index (χ1) is 9.10. The standard InChI is InChI=1S/C14H15BrN2OS/c1-2-12(18)14-11(16)7-13(19-14)17-8-9-4-3-5-10(15)6-9/h3-7,17H,2,8,16H2,1H3. The van der Waals surface area contributed by atoms with E-state index in [0.29, 0.717) is 23.5 Å². The van der Waals surface area contributed by atoms with Gasteiger partial charge in [-0.15, -0.1) is 11.3 Å². The van der Waals surface area contributed by atoms with Crippen LogP contribution < -0.4 is 11.1 Å². The van der Waals surface area contributed by atoms with Gasteiger partial charge in [-0.25, -0.2) is 0 Å². The van der Waals surface area contributed by atoms with Gasteiger partial charge in [-0.3, -0.25) is 4.79 Å². The van der Waals surface area contributed by atoms with Gasteiger partial charge >= 0.3 is 0 Å². The molecule has 0 saturated heterocycles. The molecule has 0 aliphatic carbocycles. The van der Waals surface area contributed by atoms with Crippen molar-refractivity contribution in [3.05, 3.63) is 45.2 Å². The number of nitrogen functional groups attached to an aromatic ring is 1. The molecule has 1 aromatic heterocycles. The van der Waals surface area contributed by atoms with Gasteiger partial charge in [0.2, 0.25) is 0 Å². The maximum Gasteiger partial charge on any atom is 0.174 e. The molecule has 0 unspecified atom stereocenters. The van der Waals surface area contributed by atoms with Crippen molar-refractivity contribution in [2.75, 3.05) is 11.1 Å². The average molecular weight is 339 g/mol. The van der Waals surface area contributed by atoms with Crippen molar-refractivity contribution in [1.29, 1.82) is 0 Å². The summed E-state index contributed by atoms with van der Waals surface area (Å²) in [7, 11) is 0. The number of carbonyl (C=O) groups is 1. The first kappa shape index (κ1) is 14.1. The highest BCUT2D eigenvalue weighted by Gasteiger charge is 2.12. The zero-order valence-corrected chi connectivity index (χ0v) is 13.0. The molecule has 2 aromatic rings. The van der Waals surface area contributed by atoms with E-state index in [9.17, 15) is 4.79 Å². The molecule has 0 aliphatic heterocycles. The molecule has 0 atom stereocenters. The van der Waals surface area contributed by atoms with Crippen LogP contribution in [0.4, 0.5) is 10.7 Å². The van der Waals surface area contributed by atoms with Crippen LogP contribution in [-0.2, 0) is 6.54 Å². The Balaban J connectivity index is 2.06. The van der Waals surface area contributed by atoms with Crippen LogP contribution >= 0.6 is 27.3 Å². The fourth-order valence-electron chi connectivity index (χ4n) is 1.71. The Morgan fingerprint density at radius 1 is 1.42 bits per heavy atom. The molecule has 5 heteroatoms. The van der Waals surface area contributed by atoms with E-state index in [0.717, 1.165) is 9.47 Å². The lowest BCUT2D eigenvalue weighted by atomic mass is 10.2. The van der Waals surface area contributed by atoms with Crippen LogP contribution in [0.1, 0.15) is 28.6 Å². The van der Waals surface area contributed by atoms with Crippen LogP contribution in [0.3, 0.4) is 0 Å².